The van der Waals surface area contributed by atoms with Gasteiger partial charge in [-0.05, 0) is 19.1 Å². The summed E-state index contributed by atoms with van der Waals surface area (Å²) in [5, 5.41) is 8.51. The quantitative estimate of drug-likeness (QED) is 0.705. The molecule has 1 N–H and O–H groups in total. The lowest BCUT2D eigenvalue weighted by Gasteiger charge is -1.95. The molecule has 1 aromatic rings. The number of aromatic nitrogens is 1. The van der Waals surface area contributed by atoms with Crippen molar-refractivity contribution in [3.8, 4) is 0 Å². The summed E-state index contributed by atoms with van der Waals surface area (Å²) in [5.41, 5.74) is 0.869. The van der Waals surface area contributed by atoms with Crippen molar-refractivity contribution in [3.05, 3.63) is 30.1 Å². The molecule has 0 aromatic carbocycles. The van der Waals surface area contributed by atoms with E-state index in [-0.39, 0.29) is 5.71 Å². The molecule has 0 atom stereocenters. The number of rotatable bonds is 3. The zero-order valence-corrected chi connectivity index (χ0v) is 7.27. The molecular weight excluding hydrogens is 168 g/mol. The van der Waals surface area contributed by atoms with Gasteiger partial charge < -0.3 is 5.11 Å². The maximum absolute atomic E-state index is 10.4. The molecule has 0 aliphatic rings. The van der Waals surface area contributed by atoms with Crippen LogP contribution < -0.4 is 0 Å². The summed E-state index contributed by atoms with van der Waals surface area (Å²) >= 11 is 0. The second-order valence-electron chi connectivity index (χ2n) is 2.53. The van der Waals surface area contributed by atoms with E-state index in [4.69, 9.17) is 5.11 Å². The Hall–Kier alpha value is -1.71. The first-order valence-electron chi connectivity index (χ1n) is 3.84. The summed E-state index contributed by atoms with van der Waals surface area (Å²) in [4.78, 5) is 18.2. The van der Waals surface area contributed by atoms with Crippen LogP contribution in [0.5, 0.6) is 0 Å². The van der Waals surface area contributed by atoms with Gasteiger partial charge in [0.25, 0.3) is 0 Å². The minimum Gasteiger partial charge on any atom is -0.477 e. The van der Waals surface area contributed by atoms with E-state index in [9.17, 15) is 4.79 Å². The molecule has 0 aliphatic heterocycles. The number of carboxylic acid groups (broad SMARTS) is 1. The molecule has 13 heavy (non-hydrogen) atoms. The highest BCUT2D eigenvalue weighted by Crippen LogP contribution is 1.95. The van der Waals surface area contributed by atoms with Gasteiger partial charge in [0.1, 0.15) is 5.71 Å². The number of carbonyl (C=O) groups is 1. The van der Waals surface area contributed by atoms with Gasteiger partial charge in [0, 0.05) is 6.20 Å². The van der Waals surface area contributed by atoms with E-state index in [2.05, 4.69) is 9.98 Å². The first-order valence-corrected chi connectivity index (χ1v) is 3.84. The largest absolute Gasteiger partial charge is 0.477 e. The molecule has 0 amide bonds. The summed E-state index contributed by atoms with van der Waals surface area (Å²) in [6.45, 7) is 1.78. The Labute approximate surface area is 76.0 Å². The van der Waals surface area contributed by atoms with E-state index in [0.29, 0.717) is 6.54 Å². The molecular formula is C9H10N2O2. The predicted octanol–water partition coefficient (Wildman–Crippen LogP) is 1.13. The highest BCUT2D eigenvalue weighted by atomic mass is 16.4. The van der Waals surface area contributed by atoms with Crippen molar-refractivity contribution < 1.29 is 9.90 Å². The van der Waals surface area contributed by atoms with Crippen LogP contribution in [0.3, 0.4) is 0 Å². The number of nitrogens with zero attached hydrogens (tertiary/aromatic N) is 2. The van der Waals surface area contributed by atoms with Crippen LogP contribution in [0.25, 0.3) is 0 Å². The standard InChI is InChI=1S/C9H10N2O2/c1-7(9(12)13)11-6-8-4-2-3-5-10-8/h2-5H,6H2,1H3,(H,12,13). The summed E-state index contributed by atoms with van der Waals surface area (Å²) in [6, 6.07) is 5.45. The van der Waals surface area contributed by atoms with Crippen LogP contribution in [0, 0.1) is 0 Å². The van der Waals surface area contributed by atoms with Crippen molar-refractivity contribution in [1.29, 1.82) is 0 Å². The third-order valence-corrected chi connectivity index (χ3v) is 1.51. The number of aliphatic carboxylic acids is 1. The smallest absolute Gasteiger partial charge is 0.349 e. The van der Waals surface area contributed by atoms with Crippen LogP contribution in [-0.2, 0) is 11.3 Å². The number of aliphatic imine (C=N–C) groups is 1. The Kier molecular flexibility index (Phi) is 3.14. The van der Waals surface area contributed by atoms with Crippen LogP contribution in [0.2, 0.25) is 0 Å². The number of pyridine rings is 1. The fraction of sp³-hybridized carbons (Fsp3) is 0.222. The van der Waals surface area contributed by atoms with Gasteiger partial charge in [-0.1, -0.05) is 6.07 Å². The van der Waals surface area contributed by atoms with Crippen LogP contribution in [0.4, 0.5) is 0 Å². The molecule has 0 fully saturated rings. The van der Waals surface area contributed by atoms with Crippen molar-refractivity contribution >= 4 is 11.7 Å². The van der Waals surface area contributed by atoms with E-state index < -0.39 is 5.97 Å². The molecule has 1 rings (SSSR count). The van der Waals surface area contributed by atoms with Crippen molar-refractivity contribution in [3.63, 3.8) is 0 Å². The van der Waals surface area contributed by atoms with Gasteiger partial charge in [-0.15, -0.1) is 0 Å². The molecule has 0 aliphatic carbocycles. The number of hydrogen-bond acceptors (Lipinski definition) is 3. The van der Waals surface area contributed by atoms with Gasteiger partial charge >= 0.3 is 5.97 Å². The van der Waals surface area contributed by atoms with Crippen molar-refractivity contribution in [2.75, 3.05) is 0 Å². The van der Waals surface area contributed by atoms with Gasteiger partial charge in [0.05, 0.1) is 12.2 Å². The molecule has 0 spiro atoms. The Bertz CT molecular complexity index is 320. The Balaban J connectivity index is 2.62. The normalized spacial score (nSPS) is 11.3. The molecule has 1 aromatic heterocycles. The summed E-state index contributed by atoms with van der Waals surface area (Å²) in [5.74, 6) is -0.990. The summed E-state index contributed by atoms with van der Waals surface area (Å²) in [7, 11) is 0. The highest BCUT2D eigenvalue weighted by Gasteiger charge is 2.00. The molecule has 0 saturated heterocycles. The van der Waals surface area contributed by atoms with E-state index in [1.807, 2.05) is 6.07 Å². The van der Waals surface area contributed by atoms with Gasteiger partial charge in [0.2, 0.25) is 0 Å². The van der Waals surface area contributed by atoms with Crippen molar-refractivity contribution in [2.45, 2.75) is 13.5 Å². The fourth-order valence-electron chi connectivity index (χ4n) is 0.759. The summed E-state index contributed by atoms with van der Waals surface area (Å²) < 4.78 is 0. The van der Waals surface area contributed by atoms with Crippen molar-refractivity contribution in [1.82, 2.24) is 4.98 Å². The Morgan fingerprint density at radius 2 is 2.38 bits per heavy atom. The first-order chi connectivity index (χ1) is 6.20. The molecule has 1 heterocycles. The topological polar surface area (TPSA) is 62.5 Å². The predicted molar refractivity (Wildman–Crippen MR) is 48.7 cm³/mol. The minimum atomic E-state index is -0.990. The lowest BCUT2D eigenvalue weighted by molar-refractivity contribution is -0.129. The van der Waals surface area contributed by atoms with Crippen molar-refractivity contribution in [2.24, 2.45) is 4.99 Å². The molecule has 4 heteroatoms. The third-order valence-electron chi connectivity index (χ3n) is 1.51. The van der Waals surface area contributed by atoms with E-state index in [1.165, 1.54) is 6.92 Å². The highest BCUT2D eigenvalue weighted by molar-refractivity contribution is 6.34. The molecule has 0 radical (unpaired) electrons. The minimum absolute atomic E-state index is 0.102. The second kappa shape index (κ2) is 4.35. The van der Waals surface area contributed by atoms with Gasteiger partial charge in [0.15, 0.2) is 0 Å². The van der Waals surface area contributed by atoms with E-state index in [0.717, 1.165) is 5.69 Å². The van der Waals surface area contributed by atoms with Gasteiger partial charge in [-0.3, -0.25) is 9.98 Å². The third kappa shape index (κ3) is 3.02. The molecule has 4 nitrogen and oxygen atoms in total. The lowest BCUT2D eigenvalue weighted by atomic mass is 10.3. The van der Waals surface area contributed by atoms with Crippen LogP contribution in [-0.4, -0.2) is 21.8 Å². The average molecular weight is 178 g/mol. The SMILES string of the molecule is CC(=NCc1ccccn1)C(=O)O. The maximum Gasteiger partial charge on any atom is 0.349 e. The van der Waals surface area contributed by atoms with Crippen LogP contribution >= 0.6 is 0 Å². The maximum atomic E-state index is 10.4. The number of carboxylic acids is 1. The molecule has 0 saturated carbocycles. The second-order valence-corrected chi connectivity index (χ2v) is 2.53. The molecule has 68 valence electrons. The van der Waals surface area contributed by atoms with Crippen LogP contribution in [0.15, 0.2) is 29.4 Å². The van der Waals surface area contributed by atoms with E-state index >= 15 is 0 Å². The Morgan fingerprint density at radius 1 is 1.62 bits per heavy atom. The zero-order valence-electron chi connectivity index (χ0n) is 7.27. The first kappa shape index (κ1) is 9.38. The van der Waals surface area contributed by atoms with Gasteiger partial charge in [-0.25, -0.2) is 4.79 Å². The molecule has 0 bridgehead atoms. The zero-order chi connectivity index (χ0) is 9.68. The lowest BCUT2D eigenvalue weighted by Crippen LogP contribution is -2.08. The Morgan fingerprint density at radius 3 is 2.92 bits per heavy atom. The van der Waals surface area contributed by atoms with Gasteiger partial charge in [-0.2, -0.15) is 0 Å². The average Bonchev–Trinajstić information content (AvgIpc) is 2.15. The molecule has 0 unspecified atom stereocenters. The summed E-state index contributed by atoms with van der Waals surface area (Å²) in [6.07, 6.45) is 1.65. The number of hydrogen-bond donors (Lipinski definition) is 1. The van der Waals surface area contributed by atoms with E-state index in [1.54, 1.807) is 18.3 Å². The fourth-order valence-corrected chi connectivity index (χ4v) is 0.759. The van der Waals surface area contributed by atoms with Crippen LogP contribution in [0.1, 0.15) is 12.6 Å². The monoisotopic (exact) mass is 178 g/mol.